The summed E-state index contributed by atoms with van der Waals surface area (Å²) in [6.45, 7) is 0.524. The van der Waals surface area contributed by atoms with Crippen LogP contribution in [0.1, 0.15) is 34.1 Å². The predicted octanol–water partition coefficient (Wildman–Crippen LogP) is 8.29. The highest BCUT2D eigenvalue weighted by molar-refractivity contribution is 5.36. The molecule has 3 aliphatic rings. The average Bonchev–Trinajstić information content (AvgIpc) is 3.45. The van der Waals surface area contributed by atoms with Crippen molar-refractivity contribution in [1.29, 1.82) is 0 Å². The van der Waals surface area contributed by atoms with Gasteiger partial charge in [-0.2, -0.15) is 0 Å². The van der Waals surface area contributed by atoms with Gasteiger partial charge in [0.05, 0.1) is 73.0 Å². The molecule has 1 N–H and O–H groups in total. The number of aliphatic hydroxyl groups is 1. The first-order chi connectivity index (χ1) is 36.7. The predicted molar refractivity (Wildman–Crippen MR) is 269 cm³/mol. The van der Waals surface area contributed by atoms with Gasteiger partial charge in [0.25, 0.3) is 5.69 Å². The van der Waals surface area contributed by atoms with Gasteiger partial charge in [0.1, 0.15) is 71.5 Å². The molecule has 11 atom stereocenters. The quantitative estimate of drug-likeness (QED) is 0.0476. The van der Waals surface area contributed by atoms with Crippen LogP contribution in [-0.2, 0) is 69.1 Å². The van der Waals surface area contributed by atoms with Gasteiger partial charge >= 0.3 is 0 Å². The zero-order valence-corrected chi connectivity index (χ0v) is 42.0. The number of aliphatic hydroxyl groups excluding tert-OH is 1. The first-order valence-electron chi connectivity index (χ1n) is 24.5. The third kappa shape index (κ3) is 13.6. The topological polar surface area (TPSA) is 193 Å². The maximum atomic E-state index is 12.6. The molecule has 75 heavy (non-hydrogen) atoms. The molecule has 0 radical (unpaired) electrons. The van der Waals surface area contributed by atoms with Crippen molar-refractivity contribution in [2.45, 2.75) is 94.1 Å². The maximum Gasteiger partial charge on any atom is 0.269 e. The Morgan fingerprint density at radius 1 is 0.533 bits per heavy atom. The summed E-state index contributed by atoms with van der Waals surface area (Å²) in [5.41, 5.74) is 3.97. The van der Waals surface area contributed by atoms with Crippen molar-refractivity contribution in [1.82, 2.24) is 0 Å². The molecule has 9 rings (SSSR count). The lowest BCUT2D eigenvalue weighted by molar-refractivity contribution is -0.390. The minimum absolute atomic E-state index is 0.0108. The van der Waals surface area contributed by atoms with E-state index >= 15 is 0 Å². The summed E-state index contributed by atoms with van der Waals surface area (Å²) in [4.78, 5) is 11.1. The zero-order chi connectivity index (χ0) is 52.1. The SMILES string of the molecule is COc1ccc(COC[C@@H]2O[C@@H](O[C@H]3[C@@H](Oc4ccc([N+](=O)[O-])cc4)O[C@@H]4COC(c5ccccc5)O[C@H]4[C@@H]3O)[C@@H](OCc3ccc(OC)cc3)[C@H](OCc3ccc(OC)cc3)[C@H]2OCc2ccc(OC)cc2)cc1. The molecule has 0 amide bonds. The van der Waals surface area contributed by atoms with Gasteiger partial charge in [0.2, 0.25) is 6.29 Å². The molecule has 396 valence electrons. The monoisotopic (exact) mass is 1030 g/mol. The van der Waals surface area contributed by atoms with E-state index in [9.17, 15) is 15.2 Å². The number of ether oxygens (including phenoxy) is 14. The molecule has 18 heteroatoms. The number of rotatable bonds is 23. The van der Waals surface area contributed by atoms with Gasteiger partial charge in [0, 0.05) is 17.7 Å². The number of nitrogens with zero attached hydrogens (tertiary/aromatic N) is 1. The summed E-state index contributed by atoms with van der Waals surface area (Å²) in [6.07, 6.45) is -11.9. The molecule has 0 aromatic heterocycles. The van der Waals surface area contributed by atoms with Gasteiger partial charge in [-0.1, -0.05) is 78.9 Å². The largest absolute Gasteiger partial charge is 0.497 e. The molecule has 6 aromatic carbocycles. The van der Waals surface area contributed by atoms with Crippen LogP contribution in [0.25, 0.3) is 0 Å². The van der Waals surface area contributed by atoms with Crippen LogP contribution in [0.5, 0.6) is 28.7 Å². The van der Waals surface area contributed by atoms with E-state index in [4.69, 9.17) is 66.3 Å². The molecule has 0 bridgehead atoms. The highest BCUT2D eigenvalue weighted by Crippen LogP contribution is 2.39. The minimum atomic E-state index is -1.43. The highest BCUT2D eigenvalue weighted by Gasteiger charge is 2.55. The maximum absolute atomic E-state index is 12.6. The zero-order valence-electron chi connectivity index (χ0n) is 42.0. The van der Waals surface area contributed by atoms with Crippen LogP contribution in [0, 0.1) is 10.1 Å². The normalized spacial score (nSPS) is 25.4. The number of methoxy groups -OCH3 is 4. The Bertz CT molecular complexity index is 2680. The van der Waals surface area contributed by atoms with Crippen LogP contribution >= 0.6 is 0 Å². The van der Waals surface area contributed by atoms with Crippen LogP contribution in [0.15, 0.2) is 152 Å². The van der Waals surface area contributed by atoms with Crippen LogP contribution in [0.4, 0.5) is 5.69 Å². The molecule has 0 saturated carbocycles. The summed E-state index contributed by atoms with van der Waals surface area (Å²) >= 11 is 0. The fraction of sp³-hybridized carbons (Fsp3) is 0.368. The van der Waals surface area contributed by atoms with E-state index < -0.39 is 72.6 Å². The number of hydrogen-bond acceptors (Lipinski definition) is 17. The minimum Gasteiger partial charge on any atom is -0.497 e. The third-order valence-electron chi connectivity index (χ3n) is 13.1. The van der Waals surface area contributed by atoms with Gasteiger partial charge < -0.3 is 71.4 Å². The standard InChI is InChI=1S/C57H61NO17/c1-62-42-20-10-36(11-21-42)30-66-34-47-51(67-31-37-12-22-43(63-2)23-13-37)53(68-32-38-14-24-44(64-3)25-15-38)54(69-33-39-16-26-45(65-4)27-17-39)57(72-47)75-52-49(59)50-48(35-70-55(74-50)40-8-6-5-7-9-40)73-56(52)71-46-28-18-41(19-29-46)58(60)61/h5-29,47-57,59H,30-35H2,1-4H3/t47-,48+,49-,50+,51-,52+,53+,54-,55?,56-,57-/m0/s1. The Hall–Kier alpha value is -6.68. The van der Waals surface area contributed by atoms with Crippen molar-refractivity contribution >= 4 is 5.69 Å². The number of fused-ring (bicyclic) bond motifs is 1. The Morgan fingerprint density at radius 2 is 1.01 bits per heavy atom. The molecule has 6 aromatic rings. The van der Waals surface area contributed by atoms with Crippen molar-refractivity contribution in [3.8, 4) is 28.7 Å². The third-order valence-corrected chi connectivity index (χ3v) is 13.1. The molecule has 3 saturated heterocycles. The molecule has 1 unspecified atom stereocenters. The second-order valence-electron chi connectivity index (χ2n) is 18.0. The molecule has 3 heterocycles. The Morgan fingerprint density at radius 3 is 1.52 bits per heavy atom. The van der Waals surface area contributed by atoms with E-state index in [0.717, 1.165) is 27.8 Å². The summed E-state index contributed by atoms with van der Waals surface area (Å²) in [5.74, 6) is 2.95. The summed E-state index contributed by atoms with van der Waals surface area (Å²) in [6, 6.07) is 44.9. The Kier molecular flexibility index (Phi) is 18.2. The van der Waals surface area contributed by atoms with E-state index in [1.165, 1.54) is 24.3 Å². The van der Waals surface area contributed by atoms with Crippen molar-refractivity contribution < 1.29 is 76.3 Å². The van der Waals surface area contributed by atoms with E-state index in [1.54, 1.807) is 28.4 Å². The van der Waals surface area contributed by atoms with Crippen LogP contribution in [0.2, 0.25) is 0 Å². The Labute approximate surface area is 434 Å². The van der Waals surface area contributed by atoms with Crippen LogP contribution in [-0.4, -0.2) is 113 Å². The van der Waals surface area contributed by atoms with E-state index in [2.05, 4.69) is 0 Å². The van der Waals surface area contributed by atoms with Crippen molar-refractivity contribution in [3.63, 3.8) is 0 Å². The number of nitro benzene ring substituents is 1. The van der Waals surface area contributed by atoms with Crippen molar-refractivity contribution in [3.05, 3.63) is 190 Å². The van der Waals surface area contributed by atoms with Crippen molar-refractivity contribution in [2.24, 2.45) is 0 Å². The lowest BCUT2D eigenvalue weighted by Crippen LogP contribution is -2.67. The second-order valence-corrected chi connectivity index (χ2v) is 18.0. The number of nitro groups is 1. The summed E-state index contributed by atoms with van der Waals surface area (Å²) in [5, 5.41) is 24.2. The summed E-state index contributed by atoms with van der Waals surface area (Å²) in [7, 11) is 6.41. The molecular weight excluding hydrogens is 971 g/mol. The van der Waals surface area contributed by atoms with E-state index in [1.807, 2.05) is 127 Å². The molecule has 0 spiro atoms. The number of hydrogen-bond donors (Lipinski definition) is 1. The smallest absolute Gasteiger partial charge is 0.269 e. The number of benzene rings is 6. The molecule has 0 aliphatic carbocycles. The van der Waals surface area contributed by atoms with Gasteiger partial charge in [0.15, 0.2) is 18.7 Å². The van der Waals surface area contributed by atoms with Gasteiger partial charge in [-0.25, -0.2) is 0 Å². The van der Waals surface area contributed by atoms with Crippen LogP contribution in [0.3, 0.4) is 0 Å². The van der Waals surface area contributed by atoms with E-state index in [-0.39, 0.29) is 51.1 Å². The second kappa shape index (κ2) is 25.7. The molecular formula is C57H61NO17. The molecule has 3 aliphatic heterocycles. The van der Waals surface area contributed by atoms with Crippen LogP contribution < -0.4 is 23.7 Å². The van der Waals surface area contributed by atoms with Gasteiger partial charge in [-0.15, -0.1) is 0 Å². The van der Waals surface area contributed by atoms with Gasteiger partial charge in [-0.3, -0.25) is 10.1 Å². The first kappa shape index (κ1) is 53.2. The fourth-order valence-electron chi connectivity index (χ4n) is 8.97. The lowest BCUT2D eigenvalue weighted by atomic mass is 9.95. The molecule has 18 nitrogen and oxygen atoms in total. The first-order valence-corrected chi connectivity index (χ1v) is 24.5. The average molecular weight is 1030 g/mol. The van der Waals surface area contributed by atoms with Gasteiger partial charge in [-0.05, 0) is 82.9 Å². The molecule has 3 fully saturated rings. The van der Waals surface area contributed by atoms with Crippen molar-refractivity contribution in [2.75, 3.05) is 41.7 Å². The lowest BCUT2D eigenvalue weighted by Gasteiger charge is -2.50. The summed E-state index contributed by atoms with van der Waals surface area (Å²) < 4.78 is 88.8. The van der Waals surface area contributed by atoms with E-state index in [0.29, 0.717) is 23.0 Å². The number of non-ortho nitro benzene ring substituents is 1. The Balaban J connectivity index is 1.09. The highest BCUT2D eigenvalue weighted by atomic mass is 16.8. The fourth-order valence-corrected chi connectivity index (χ4v) is 8.97.